The summed E-state index contributed by atoms with van der Waals surface area (Å²) in [4.78, 5) is 0. The molecule has 0 aromatic rings. The lowest BCUT2D eigenvalue weighted by Crippen LogP contribution is -2.17. The SMILES string of the molecule is FC1=NSNC1F. The Labute approximate surface area is 43.3 Å². The summed E-state index contributed by atoms with van der Waals surface area (Å²) in [6.07, 6.45) is -1.69. The molecule has 1 unspecified atom stereocenters. The highest BCUT2D eigenvalue weighted by atomic mass is 32.2. The molecule has 0 radical (unpaired) electrons. The van der Waals surface area contributed by atoms with Crippen molar-refractivity contribution in [3.8, 4) is 0 Å². The molecule has 1 aliphatic rings. The molecule has 0 saturated heterocycles. The molecule has 2 nitrogen and oxygen atoms in total. The van der Waals surface area contributed by atoms with Crippen LogP contribution in [0.3, 0.4) is 0 Å². The van der Waals surface area contributed by atoms with E-state index in [2.05, 4.69) is 4.40 Å². The third-order valence-corrected chi connectivity index (χ3v) is 1.08. The van der Waals surface area contributed by atoms with E-state index >= 15 is 0 Å². The van der Waals surface area contributed by atoms with E-state index in [0.29, 0.717) is 12.1 Å². The van der Waals surface area contributed by atoms with Crippen LogP contribution in [0.2, 0.25) is 0 Å². The van der Waals surface area contributed by atoms with Gasteiger partial charge in [0.15, 0.2) is 0 Å². The van der Waals surface area contributed by atoms with Crippen LogP contribution >= 0.6 is 12.1 Å². The highest BCUT2D eigenvalue weighted by Crippen LogP contribution is 2.11. The van der Waals surface area contributed by atoms with Crippen LogP contribution in [0.25, 0.3) is 0 Å². The minimum absolute atomic E-state index is 0.678. The van der Waals surface area contributed by atoms with E-state index in [0.717, 1.165) is 0 Å². The molecule has 0 aliphatic carbocycles. The summed E-state index contributed by atoms with van der Waals surface area (Å²) in [5.41, 5.74) is 0. The van der Waals surface area contributed by atoms with Crippen molar-refractivity contribution in [2.24, 2.45) is 4.40 Å². The van der Waals surface area contributed by atoms with Crippen LogP contribution in [0, 0.1) is 0 Å². The third kappa shape index (κ3) is 0.889. The first-order chi connectivity index (χ1) is 3.30. The van der Waals surface area contributed by atoms with Crippen molar-refractivity contribution in [1.29, 1.82) is 0 Å². The van der Waals surface area contributed by atoms with Crippen LogP contribution in [0.4, 0.5) is 8.78 Å². The van der Waals surface area contributed by atoms with Crippen LogP contribution in [0.15, 0.2) is 4.40 Å². The van der Waals surface area contributed by atoms with Gasteiger partial charge < -0.3 is 0 Å². The van der Waals surface area contributed by atoms with Crippen molar-refractivity contribution >= 4 is 18.1 Å². The van der Waals surface area contributed by atoms with Gasteiger partial charge in [-0.3, -0.25) is 0 Å². The number of halogens is 2. The maximum Gasteiger partial charge on any atom is 0.247 e. The lowest BCUT2D eigenvalue weighted by atomic mass is 10.7. The van der Waals surface area contributed by atoms with E-state index in [-0.39, 0.29) is 0 Å². The van der Waals surface area contributed by atoms with E-state index < -0.39 is 12.3 Å². The summed E-state index contributed by atoms with van der Waals surface area (Å²) in [7, 11) is 0. The zero-order chi connectivity index (χ0) is 5.28. The smallest absolute Gasteiger partial charge is 0.219 e. The monoisotopic (exact) mass is 124 g/mol. The number of hydrogen-bond donors (Lipinski definition) is 1. The van der Waals surface area contributed by atoms with Gasteiger partial charge in [0, 0.05) is 0 Å². The average molecular weight is 124 g/mol. The largest absolute Gasteiger partial charge is 0.247 e. The Kier molecular flexibility index (Phi) is 1.25. The Hall–Kier alpha value is -0.160. The van der Waals surface area contributed by atoms with Crippen molar-refractivity contribution in [1.82, 2.24) is 4.72 Å². The van der Waals surface area contributed by atoms with Crippen LogP contribution in [-0.2, 0) is 0 Å². The van der Waals surface area contributed by atoms with Crippen molar-refractivity contribution < 1.29 is 8.78 Å². The minimum atomic E-state index is -1.69. The Morgan fingerprint density at radius 2 is 2.57 bits per heavy atom. The number of hydrogen-bond acceptors (Lipinski definition) is 3. The topological polar surface area (TPSA) is 24.4 Å². The Balaban J connectivity index is 2.54. The summed E-state index contributed by atoms with van der Waals surface area (Å²) in [5.74, 6) is -0.981. The van der Waals surface area contributed by atoms with Gasteiger partial charge in [0.05, 0.1) is 12.1 Å². The summed E-state index contributed by atoms with van der Waals surface area (Å²) in [6.45, 7) is 0. The van der Waals surface area contributed by atoms with Crippen molar-refractivity contribution in [3.05, 3.63) is 0 Å². The summed E-state index contributed by atoms with van der Waals surface area (Å²) in [5, 5.41) is 0. The van der Waals surface area contributed by atoms with Crippen LogP contribution in [0.1, 0.15) is 0 Å². The average Bonchev–Trinajstić information content (AvgIpc) is 1.91. The van der Waals surface area contributed by atoms with E-state index in [9.17, 15) is 8.78 Å². The second kappa shape index (κ2) is 1.75. The molecule has 1 rings (SSSR count). The lowest BCUT2D eigenvalue weighted by molar-refractivity contribution is 0.396. The lowest BCUT2D eigenvalue weighted by Gasteiger charge is -1.88. The molecule has 0 saturated carbocycles. The van der Waals surface area contributed by atoms with Crippen LogP contribution < -0.4 is 4.72 Å². The van der Waals surface area contributed by atoms with E-state index in [1.54, 1.807) is 0 Å². The predicted molar refractivity (Wildman–Crippen MR) is 24.2 cm³/mol. The summed E-state index contributed by atoms with van der Waals surface area (Å²) in [6, 6.07) is 0. The summed E-state index contributed by atoms with van der Waals surface area (Å²) < 4.78 is 28.3. The van der Waals surface area contributed by atoms with Gasteiger partial charge in [-0.05, 0) is 0 Å². The molecule has 0 aromatic heterocycles. The summed E-state index contributed by atoms with van der Waals surface area (Å²) >= 11 is 0.678. The molecule has 7 heavy (non-hydrogen) atoms. The number of rotatable bonds is 0. The fourth-order valence-electron chi connectivity index (χ4n) is 0.211. The maximum absolute atomic E-state index is 11.7. The molecule has 0 aromatic carbocycles. The first-order valence-electron chi connectivity index (χ1n) is 1.59. The van der Waals surface area contributed by atoms with E-state index in [1.165, 1.54) is 0 Å². The Bertz CT molecular complexity index is 104. The standard InChI is InChI=1S/C2H2F2N2S/c3-1-2(4)6-7-5-1/h1,5H. The molecule has 1 atom stereocenters. The molecule has 5 heteroatoms. The maximum atomic E-state index is 11.7. The van der Waals surface area contributed by atoms with Crippen LogP contribution in [0.5, 0.6) is 0 Å². The number of nitrogens with zero attached hydrogens (tertiary/aromatic N) is 1. The molecule has 0 bridgehead atoms. The highest BCUT2D eigenvalue weighted by molar-refractivity contribution is 7.96. The van der Waals surface area contributed by atoms with Crippen LogP contribution in [-0.4, -0.2) is 12.3 Å². The van der Waals surface area contributed by atoms with Crippen molar-refractivity contribution in [2.75, 3.05) is 0 Å². The van der Waals surface area contributed by atoms with Gasteiger partial charge in [-0.2, -0.15) is 8.79 Å². The van der Waals surface area contributed by atoms with Gasteiger partial charge in [0.1, 0.15) is 0 Å². The Morgan fingerprint density at radius 1 is 1.86 bits per heavy atom. The molecule has 0 amide bonds. The fourth-order valence-corrected chi connectivity index (χ4v) is 0.633. The quantitative estimate of drug-likeness (QED) is 0.382. The Morgan fingerprint density at radius 3 is 2.71 bits per heavy atom. The highest BCUT2D eigenvalue weighted by Gasteiger charge is 2.19. The van der Waals surface area contributed by atoms with Crippen molar-refractivity contribution in [3.63, 3.8) is 0 Å². The zero-order valence-electron chi connectivity index (χ0n) is 3.19. The normalized spacial score (nSPS) is 30.6. The third-order valence-electron chi connectivity index (χ3n) is 0.498. The second-order valence-corrected chi connectivity index (χ2v) is 1.59. The molecule has 1 N–H and O–H groups in total. The second-order valence-electron chi connectivity index (χ2n) is 0.986. The molecule has 40 valence electrons. The fraction of sp³-hybridized carbons (Fsp3) is 0.500. The molecule has 0 spiro atoms. The first kappa shape index (κ1) is 4.99. The van der Waals surface area contributed by atoms with Gasteiger partial charge in [-0.15, -0.1) is 0 Å². The number of nitrogens with one attached hydrogen (secondary N) is 1. The van der Waals surface area contributed by atoms with Gasteiger partial charge in [-0.1, -0.05) is 0 Å². The molecule has 0 fully saturated rings. The zero-order valence-corrected chi connectivity index (χ0v) is 4.01. The minimum Gasteiger partial charge on any atom is -0.219 e. The molecule has 1 aliphatic heterocycles. The van der Waals surface area contributed by atoms with Gasteiger partial charge in [0.25, 0.3) is 0 Å². The first-order valence-corrected chi connectivity index (χ1v) is 2.37. The van der Waals surface area contributed by atoms with Crippen molar-refractivity contribution in [2.45, 2.75) is 6.30 Å². The molecular weight excluding hydrogens is 122 g/mol. The van der Waals surface area contributed by atoms with E-state index in [4.69, 9.17) is 0 Å². The molecular formula is C2H2F2N2S. The number of alkyl halides is 1. The molecule has 1 heterocycles. The predicted octanol–water partition coefficient (Wildman–Crippen LogP) is 0.816. The van der Waals surface area contributed by atoms with Gasteiger partial charge >= 0.3 is 0 Å². The van der Waals surface area contributed by atoms with E-state index in [1.807, 2.05) is 4.72 Å². The van der Waals surface area contributed by atoms with Gasteiger partial charge in [0.2, 0.25) is 12.3 Å². The van der Waals surface area contributed by atoms with Gasteiger partial charge in [-0.25, -0.2) is 9.11 Å².